The van der Waals surface area contributed by atoms with Gasteiger partial charge in [0.05, 0.1) is 29.8 Å². The highest BCUT2D eigenvalue weighted by Crippen LogP contribution is 2.23. The Kier molecular flexibility index (Phi) is 2.84. The number of alkyl halides is 1. The SMILES string of the molecule is CCn1cncc1-c1nc(CCl)cs1. The molecule has 0 aliphatic carbocycles. The van der Waals surface area contributed by atoms with Crippen LogP contribution in [-0.2, 0) is 12.4 Å². The molecule has 0 aliphatic rings. The van der Waals surface area contributed by atoms with Gasteiger partial charge in [0.15, 0.2) is 0 Å². The lowest BCUT2D eigenvalue weighted by Crippen LogP contribution is -1.94. The highest BCUT2D eigenvalue weighted by molar-refractivity contribution is 7.13. The normalized spacial score (nSPS) is 10.7. The van der Waals surface area contributed by atoms with Crippen LogP contribution in [0.5, 0.6) is 0 Å². The van der Waals surface area contributed by atoms with Crippen LogP contribution in [0, 0.1) is 0 Å². The molecule has 0 unspecified atom stereocenters. The number of thiazole rings is 1. The van der Waals surface area contributed by atoms with Crippen LogP contribution < -0.4 is 0 Å². The second-order valence-corrected chi connectivity index (χ2v) is 3.97. The topological polar surface area (TPSA) is 30.7 Å². The van der Waals surface area contributed by atoms with E-state index in [0.717, 1.165) is 22.9 Å². The van der Waals surface area contributed by atoms with Crippen molar-refractivity contribution in [2.75, 3.05) is 0 Å². The molecule has 0 aromatic carbocycles. The molecule has 0 bridgehead atoms. The number of hydrogen-bond donors (Lipinski definition) is 0. The Labute approximate surface area is 91.4 Å². The number of nitrogens with zero attached hydrogens (tertiary/aromatic N) is 3. The molecule has 2 aromatic rings. The third kappa shape index (κ3) is 1.67. The van der Waals surface area contributed by atoms with E-state index in [-0.39, 0.29) is 0 Å². The Bertz CT molecular complexity index is 421. The van der Waals surface area contributed by atoms with Crippen molar-refractivity contribution in [1.29, 1.82) is 0 Å². The van der Waals surface area contributed by atoms with Gasteiger partial charge >= 0.3 is 0 Å². The van der Waals surface area contributed by atoms with Crippen molar-refractivity contribution in [2.24, 2.45) is 0 Å². The molecule has 0 radical (unpaired) electrons. The monoisotopic (exact) mass is 227 g/mol. The summed E-state index contributed by atoms with van der Waals surface area (Å²) in [5.74, 6) is 0.469. The first kappa shape index (κ1) is 9.68. The molecule has 0 amide bonds. The Balaban J connectivity index is 2.38. The fraction of sp³-hybridized carbons (Fsp3) is 0.333. The first-order chi connectivity index (χ1) is 6.85. The van der Waals surface area contributed by atoms with Gasteiger partial charge in [-0.3, -0.25) is 0 Å². The second kappa shape index (κ2) is 4.11. The summed E-state index contributed by atoms with van der Waals surface area (Å²) in [6.07, 6.45) is 3.65. The molecule has 0 saturated heterocycles. The Hall–Kier alpha value is -0.870. The molecular weight excluding hydrogens is 218 g/mol. The Morgan fingerprint density at radius 2 is 2.43 bits per heavy atom. The van der Waals surface area contributed by atoms with E-state index in [1.807, 2.05) is 17.9 Å². The number of halogens is 1. The van der Waals surface area contributed by atoms with Gasteiger partial charge in [0, 0.05) is 11.9 Å². The van der Waals surface area contributed by atoms with Gasteiger partial charge in [0.25, 0.3) is 0 Å². The van der Waals surface area contributed by atoms with E-state index in [0.29, 0.717) is 5.88 Å². The molecule has 0 atom stereocenters. The highest BCUT2D eigenvalue weighted by Gasteiger charge is 2.08. The molecular formula is C9H10ClN3S. The lowest BCUT2D eigenvalue weighted by Gasteiger charge is -2.00. The van der Waals surface area contributed by atoms with Crippen molar-refractivity contribution in [3.8, 4) is 10.7 Å². The van der Waals surface area contributed by atoms with Crippen molar-refractivity contribution < 1.29 is 0 Å². The van der Waals surface area contributed by atoms with Crippen LogP contribution in [-0.4, -0.2) is 14.5 Å². The number of aryl methyl sites for hydroxylation is 1. The minimum atomic E-state index is 0.469. The molecule has 5 heteroatoms. The lowest BCUT2D eigenvalue weighted by atomic mass is 10.4. The highest BCUT2D eigenvalue weighted by atomic mass is 35.5. The average molecular weight is 228 g/mol. The number of aromatic nitrogens is 3. The number of hydrogen-bond acceptors (Lipinski definition) is 3. The summed E-state index contributed by atoms with van der Waals surface area (Å²) in [6.45, 7) is 2.99. The summed E-state index contributed by atoms with van der Waals surface area (Å²) in [5.41, 5.74) is 1.99. The fourth-order valence-electron chi connectivity index (χ4n) is 1.24. The molecule has 2 aromatic heterocycles. The molecule has 14 heavy (non-hydrogen) atoms. The van der Waals surface area contributed by atoms with Crippen molar-refractivity contribution in [3.05, 3.63) is 23.6 Å². The molecule has 0 spiro atoms. The summed E-state index contributed by atoms with van der Waals surface area (Å²) in [6, 6.07) is 0. The zero-order valence-electron chi connectivity index (χ0n) is 7.77. The van der Waals surface area contributed by atoms with Crippen molar-refractivity contribution >= 4 is 22.9 Å². The summed E-state index contributed by atoms with van der Waals surface area (Å²) >= 11 is 7.30. The minimum absolute atomic E-state index is 0.469. The van der Waals surface area contributed by atoms with Crippen LogP contribution in [0.2, 0.25) is 0 Å². The minimum Gasteiger partial charge on any atom is -0.329 e. The molecule has 3 nitrogen and oxygen atoms in total. The van der Waals surface area contributed by atoms with Gasteiger partial charge in [-0.15, -0.1) is 22.9 Å². The maximum Gasteiger partial charge on any atom is 0.141 e. The van der Waals surface area contributed by atoms with E-state index in [4.69, 9.17) is 11.6 Å². The van der Waals surface area contributed by atoms with Crippen molar-refractivity contribution in [2.45, 2.75) is 19.3 Å². The molecule has 0 fully saturated rings. The van der Waals surface area contributed by atoms with E-state index < -0.39 is 0 Å². The van der Waals surface area contributed by atoms with Crippen LogP contribution in [0.3, 0.4) is 0 Å². The van der Waals surface area contributed by atoms with E-state index in [2.05, 4.69) is 21.5 Å². The molecule has 0 N–H and O–H groups in total. The van der Waals surface area contributed by atoms with Crippen molar-refractivity contribution in [1.82, 2.24) is 14.5 Å². The maximum atomic E-state index is 5.70. The standard InChI is InChI=1S/C9H10ClN3S/c1-2-13-6-11-4-8(13)9-12-7(3-10)5-14-9/h4-6H,2-3H2,1H3. The zero-order chi connectivity index (χ0) is 9.97. The van der Waals surface area contributed by atoms with Crippen LogP contribution in [0.1, 0.15) is 12.6 Å². The lowest BCUT2D eigenvalue weighted by molar-refractivity contribution is 0.768. The summed E-state index contributed by atoms with van der Waals surface area (Å²) in [5, 5.41) is 2.97. The maximum absolute atomic E-state index is 5.70. The molecule has 2 heterocycles. The molecule has 0 saturated carbocycles. The second-order valence-electron chi connectivity index (χ2n) is 2.84. The van der Waals surface area contributed by atoms with Gasteiger partial charge in [-0.25, -0.2) is 9.97 Å². The third-order valence-electron chi connectivity index (χ3n) is 1.96. The molecule has 0 aliphatic heterocycles. The Morgan fingerprint density at radius 3 is 3.07 bits per heavy atom. The van der Waals surface area contributed by atoms with Crippen LogP contribution in [0.4, 0.5) is 0 Å². The van der Waals surface area contributed by atoms with Crippen LogP contribution in [0.25, 0.3) is 10.7 Å². The predicted octanol–water partition coefficient (Wildman–Crippen LogP) is 2.77. The quantitative estimate of drug-likeness (QED) is 0.755. The largest absolute Gasteiger partial charge is 0.329 e. The van der Waals surface area contributed by atoms with Crippen LogP contribution in [0.15, 0.2) is 17.9 Å². The first-order valence-electron chi connectivity index (χ1n) is 4.36. The van der Waals surface area contributed by atoms with E-state index in [1.165, 1.54) is 0 Å². The van der Waals surface area contributed by atoms with Crippen LogP contribution >= 0.6 is 22.9 Å². The van der Waals surface area contributed by atoms with E-state index >= 15 is 0 Å². The predicted molar refractivity (Wildman–Crippen MR) is 58.6 cm³/mol. The zero-order valence-corrected chi connectivity index (χ0v) is 9.35. The fourth-order valence-corrected chi connectivity index (χ4v) is 2.31. The molecule has 2 rings (SSSR count). The van der Waals surface area contributed by atoms with Gasteiger partial charge in [-0.2, -0.15) is 0 Å². The van der Waals surface area contributed by atoms with Gasteiger partial charge in [-0.05, 0) is 6.92 Å². The summed E-state index contributed by atoms with van der Waals surface area (Å²) in [4.78, 5) is 8.51. The van der Waals surface area contributed by atoms with Gasteiger partial charge in [-0.1, -0.05) is 0 Å². The Morgan fingerprint density at radius 1 is 1.57 bits per heavy atom. The van der Waals surface area contributed by atoms with E-state index in [1.54, 1.807) is 11.3 Å². The third-order valence-corrected chi connectivity index (χ3v) is 3.15. The smallest absolute Gasteiger partial charge is 0.141 e. The molecule has 74 valence electrons. The number of rotatable bonds is 3. The number of imidazole rings is 1. The summed E-state index contributed by atoms with van der Waals surface area (Å²) < 4.78 is 2.07. The van der Waals surface area contributed by atoms with Gasteiger partial charge in [0.1, 0.15) is 5.01 Å². The van der Waals surface area contributed by atoms with Crippen molar-refractivity contribution in [3.63, 3.8) is 0 Å². The van der Waals surface area contributed by atoms with E-state index in [9.17, 15) is 0 Å². The van der Waals surface area contributed by atoms with Gasteiger partial charge in [0.2, 0.25) is 0 Å². The average Bonchev–Trinajstić information content (AvgIpc) is 2.85. The first-order valence-corrected chi connectivity index (χ1v) is 5.77. The van der Waals surface area contributed by atoms with Gasteiger partial charge < -0.3 is 4.57 Å². The summed E-state index contributed by atoms with van der Waals surface area (Å²) in [7, 11) is 0.